The largest absolute Gasteiger partial charge is 0.493 e. The number of imidazole rings is 1. The molecule has 0 spiro atoms. The number of aromatic nitrogens is 2. The van der Waals surface area contributed by atoms with Gasteiger partial charge in [0.05, 0.1) is 56.3 Å². The van der Waals surface area contributed by atoms with E-state index in [9.17, 15) is 19.5 Å². The Hall–Kier alpha value is -5.15. The Morgan fingerprint density at radius 1 is 1.02 bits per heavy atom. The van der Waals surface area contributed by atoms with Crippen molar-refractivity contribution in [3.05, 3.63) is 70.9 Å². The van der Waals surface area contributed by atoms with Crippen LogP contribution in [0.1, 0.15) is 90.2 Å². The maximum absolute atomic E-state index is 13.9. The highest BCUT2D eigenvalue weighted by atomic mass is 16.5. The Morgan fingerprint density at radius 2 is 1.78 bits per heavy atom. The Balaban J connectivity index is 0.964. The van der Waals surface area contributed by atoms with Crippen molar-refractivity contribution < 1.29 is 33.7 Å². The molecule has 322 valence electrons. The molecular weight excluding hydrogens is 765 g/mol. The molecule has 2 fully saturated rings. The van der Waals surface area contributed by atoms with Crippen molar-refractivity contribution in [1.29, 1.82) is 0 Å². The number of alkyl carbamates (subject to hydrolysis) is 2. The second-order valence-corrected chi connectivity index (χ2v) is 18.1. The molecule has 2 aliphatic carbocycles. The fourth-order valence-electron chi connectivity index (χ4n) is 10.2. The molecule has 5 heterocycles. The standard InChI is InChI=1S/C45H60N8O7/c1-22(2)37(50-44(56)58-7)42(54)52-20-24(5)15-35(52)41-47-32-13-11-26-17-31-29-12-10-27(16-28(29)21-60-36(31)18-30(26)39(32)49-41)33-19-46-40(48-33)34-14-9-25(6)53(34)43(55)38(23(3)4)51-45(57)59-8/h10-13,16-17,19,22-25,30,32,34-35,37-39,42,54H,9,14-15,18,20-21H2,1-8H3,(H,46,48)(H,47,49)(H,50,56)(H,51,57)/t24-,25-,30?,32?,34-,35-,37?,38-,39?,42?/m0/s1. The van der Waals surface area contributed by atoms with Crippen molar-refractivity contribution in [2.75, 3.05) is 20.8 Å². The van der Waals surface area contributed by atoms with Gasteiger partial charge in [0.15, 0.2) is 0 Å². The first-order valence-corrected chi connectivity index (χ1v) is 21.5. The molecule has 1 aromatic heterocycles. The van der Waals surface area contributed by atoms with Gasteiger partial charge in [0, 0.05) is 30.5 Å². The molecule has 6 aliphatic rings. The van der Waals surface area contributed by atoms with Gasteiger partial charge in [-0.25, -0.2) is 14.6 Å². The van der Waals surface area contributed by atoms with Gasteiger partial charge < -0.3 is 45.2 Å². The van der Waals surface area contributed by atoms with E-state index in [4.69, 9.17) is 24.2 Å². The zero-order chi connectivity index (χ0) is 42.6. The van der Waals surface area contributed by atoms with Gasteiger partial charge in [-0.05, 0) is 78.3 Å². The quantitative estimate of drug-likeness (QED) is 0.208. The van der Waals surface area contributed by atoms with E-state index in [0.29, 0.717) is 19.1 Å². The average molecular weight is 825 g/mol. The summed E-state index contributed by atoms with van der Waals surface area (Å²) in [5.41, 5.74) is 6.44. The number of hydrogen-bond donors (Lipinski definition) is 5. The number of allylic oxidation sites excluding steroid dienone is 4. The molecular formula is C45H60N8O7. The average Bonchev–Trinajstić information content (AvgIpc) is 4.05. The number of nitrogens with one attached hydrogen (secondary N) is 4. The van der Waals surface area contributed by atoms with Crippen molar-refractivity contribution in [1.82, 2.24) is 35.7 Å². The monoisotopic (exact) mass is 824 g/mol. The molecule has 15 nitrogen and oxygen atoms in total. The fourth-order valence-corrected chi connectivity index (χ4v) is 10.2. The second-order valence-electron chi connectivity index (χ2n) is 18.1. The van der Waals surface area contributed by atoms with Crippen molar-refractivity contribution in [2.24, 2.45) is 28.7 Å². The normalized spacial score (nSPS) is 28.4. The number of carbonyl (C=O) groups excluding carboxylic acids is 3. The van der Waals surface area contributed by atoms with Gasteiger partial charge in [-0.1, -0.05) is 58.9 Å². The Bertz CT molecular complexity index is 2120. The van der Waals surface area contributed by atoms with Crippen LogP contribution >= 0.6 is 0 Å². The maximum atomic E-state index is 13.9. The minimum atomic E-state index is -0.899. The summed E-state index contributed by atoms with van der Waals surface area (Å²) in [4.78, 5) is 55.6. The molecule has 0 radical (unpaired) electrons. The number of hydrogen-bond acceptors (Lipinski definition) is 11. The van der Waals surface area contributed by atoms with E-state index in [2.05, 4.69) is 69.2 Å². The Labute approximate surface area is 352 Å². The number of H-pyrrole nitrogens is 1. The van der Waals surface area contributed by atoms with Crippen LogP contribution < -0.4 is 16.0 Å². The number of amidine groups is 1. The third kappa shape index (κ3) is 7.70. The van der Waals surface area contributed by atoms with E-state index >= 15 is 0 Å². The molecule has 1 aromatic carbocycles. The van der Waals surface area contributed by atoms with Crippen LogP contribution in [0.4, 0.5) is 9.59 Å². The topological polar surface area (TPSA) is 183 Å². The Kier molecular flexibility index (Phi) is 11.6. The van der Waals surface area contributed by atoms with Crippen LogP contribution in [0.2, 0.25) is 0 Å². The van der Waals surface area contributed by atoms with Gasteiger partial charge in [-0.15, -0.1) is 0 Å². The number of ether oxygens (including phenoxy) is 3. The summed E-state index contributed by atoms with van der Waals surface area (Å²) in [5, 5.41) is 21.0. The maximum Gasteiger partial charge on any atom is 0.407 e. The van der Waals surface area contributed by atoms with E-state index in [-0.39, 0.29) is 53.9 Å². The van der Waals surface area contributed by atoms with Crippen LogP contribution in [0.25, 0.3) is 16.8 Å². The third-order valence-corrected chi connectivity index (χ3v) is 13.4. The Morgan fingerprint density at radius 3 is 2.52 bits per heavy atom. The lowest BCUT2D eigenvalue weighted by Crippen LogP contribution is -2.58. The first-order valence-electron chi connectivity index (χ1n) is 21.5. The van der Waals surface area contributed by atoms with Crippen LogP contribution in [0.5, 0.6) is 0 Å². The summed E-state index contributed by atoms with van der Waals surface area (Å²) in [6, 6.07) is 4.92. The smallest absolute Gasteiger partial charge is 0.407 e. The fraction of sp³-hybridized carbons (Fsp3) is 0.578. The van der Waals surface area contributed by atoms with Gasteiger partial charge in [0.25, 0.3) is 0 Å². The van der Waals surface area contributed by atoms with Gasteiger partial charge in [-0.2, -0.15) is 0 Å². The van der Waals surface area contributed by atoms with Gasteiger partial charge in [-0.3, -0.25) is 14.7 Å². The molecule has 10 atom stereocenters. The lowest BCUT2D eigenvalue weighted by molar-refractivity contribution is -0.137. The summed E-state index contributed by atoms with van der Waals surface area (Å²) in [6.07, 6.45) is 9.63. The minimum absolute atomic E-state index is 0.00501. The lowest BCUT2D eigenvalue weighted by atomic mass is 9.74. The van der Waals surface area contributed by atoms with Crippen molar-refractivity contribution in [3.63, 3.8) is 0 Å². The van der Waals surface area contributed by atoms with E-state index in [1.807, 2.05) is 45.7 Å². The van der Waals surface area contributed by atoms with Crippen LogP contribution in [0.3, 0.4) is 0 Å². The van der Waals surface area contributed by atoms with Crippen LogP contribution in [-0.4, -0.2) is 112 Å². The summed E-state index contributed by atoms with van der Waals surface area (Å²) in [5.74, 6) is 2.84. The molecule has 8 rings (SSSR count). The number of benzene rings is 1. The summed E-state index contributed by atoms with van der Waals surface area (Å²) in [7, 11) is 2.63. The third-order valence-electron chi connectivity index (χ3n) is 13.4. The second kappa shape index (κ2) is 16.7. The number of likely N-dealkylation sites (tertiary alicyclic amines) is 2. The molecule has 2 saturated heterocycles. The predicted molar refractivity (Wildman–Crippen MR) is 226 cm³/mol. The summed E-state index contributed by atoms with van der Waals surface area (Å²) < 4.78 is 16.2. The van der Waals surface area contributed by atoms with E-state index in [1.54, 1.807) is 0 Å². The highest BCUT2D eigenvalue weighted by molar-refractivity contribution is 5.91. The van der Waals surface area contributed by atoms with E-state index in [1.165, 1.54) is 19.8 Å². The first kappa shape index (κ1) is 41.6. The van der Waals surface area contributed by atoms with Crippen LogP contribution in [-0.2, 0) is 25.6 Å². The van der Waals surface area contributed by atoms with Crippen molar-refractivity contribution in [3.8, 4) is 11.3 Å². The molecule has 0 saturated carbocycles. The van der Waals surface area contributed by atoms with Crippen LogP contribution in [0.15, 0.2) is 58.9 Å². The van der Waals surface area contributed by atoms with Gasteiger partial charge >= 0.3 is 12.2 Å². The number of aliphatic hydroxyl groups excluding tert-OH is 1. The van der Waals surface area contributed by atoms with Gasteiger partial charge in [0.2, 0.25) is 5.91 Å². The van der Waals surface area contributed by atoms with Crippen LogP contribution in [0, 0.1) is 23.7 Å². The highest BCUT2D eigenvalue weighted by Crippen LogP contribution is 2.46. The molecule has 15 heteroatoms. The molecule has 5 N–H and O–H groups in total. The zero-order valence-electron chi connectivity index (χ0n) is 35.9. The minimum Gasteiger partial charge on any atom is -0.493 e. The zero-order valence-corrected chi connectivity index (χ0v) is 35.9. The number of aromatic amines is 1. The van der Waals surface area contributed by atoms with Crippen molar-refractivity contribution in [2.45, 2.75) is 122 Å². The SMILES string of the molecule is COC(=O)NC(C(C)C)C(O)N1C[C@@H](C)C[C@H]1C1=NC2C=CC3=CC4=C(CC3C2N1)OCc1cc(-c2cnc([C@@H]3CC[C@H](C)N3C(=O)[C@@H](NC(=O)OC)C(C)C)[nH]2)ccc14. The molecule has 2 aromatic rings. The number of rotatable bonds is 10. The summed E-state index contributed by atoms with van der Waals surface area (Å²) in [6.45, 7) is 13.2. The number of aliphatic imine (C=N–C) groups is 1. The van der Waals surface area contributed by atoms with E-state index in [0.717, 1.165) is 71.1 Å². The number of methoxy groups -OCH3 is 2. The molecule has 4 aliphatic heterocycles. The predicted octanol–water partition coefficient (Wildman–Crippen LogP) is 5.42. The molecule has 5 unspecified atom stereocenters. The van der Waals surface area contributed by atoms with Gasteiger partial charge in [0.1, 0.15) is 36.3 Å². The summed E-state index contributed by atoms with van der Waals surface area (Å²) >= 11 is 0. The number of carbonyl (C=O) groups is 3. The molecule has 3 amide bonds. The number of amides is 3. The first-order chi connectivity index (χ1) is 28.8. The molecule has 60 heavy (non-hydrogen) atoms. The number of aliphatic hydroxyl groups is 1. The number of nitrogens with zero attached hydrogens (tertiary/aromatic N) is 4. The van der Waals surface area contributed by atoms with Crippen molar-refractivity contribution >= 4 is 29.5 Å². The van der Waals surface area contributed by atoms with E-state index < -0.39 is 30.5 Å². The lowest BCUT2D eigenvalue weighted by Gasteiger charge is -2.38. The highest BCUT2D eigenvalue weighted by Gasteiger charge is 2.47. The number of fused-ring (bicyclic) bond motifs is 5. The molecule has 0 bridgehead atoms.